The van der Waals surface area contributed by atoms with E-state index in [2.05, 4.69) is 29.2 Å². The molecule has 0 bridgehead atoms. The Bertz CT molecular complexity index is 937. The van der Waals surface area contributed by atoms with E-state index < -0.39 is 0 Å². The number of nitrogens with zero attached hydrogens (tertiary/aromatic N) is 3. The van der Waals surface area contributed by atoms with Gasteiger partial charge in [0.05, 0.1) is 18.1 Å². The number of carbonyl (C=O) groups excluding carboxylic acids is 1. The number of ether oxygens (including phenoxy) is 1. The van der Waals surface area contributed by atoms with Crippen LogP contribution in [0.5, 0.6) is 5.75 Å². The van der Waals surface area contributed by atoms with Crippen LogP contribution >= 0.6 is 0 Å². The third-order valence-electron chi connectivity index (χ3n) is 4.16. The second-order valence-corrected chi connectivity index (χ2v) is 6.88. The van der Waals surface area contributed by atoms with Gasteiger partial charge in [0, 0.05) is 11.4 Å². The number of carbonyl (C=O) groups is 1. The molecule has 0 fully saturated rings. The summed E-state index contributed by atoms with van der Waals surface area (Å²) in [5.41, 5.74) is 4.67. The number of hydrogen-bond donors (Lipinski definition) is 1. The summed E-state index contributed by atoms with van der Waals surface area (Å²) >= 11 is 0. The van der Waals surface area contributed by atoms with E-state index in [9.17, 15) is 4.79 Å². The van der Waals surface area contributed by atoms with E-state index in [4.69, 9.17) is 4.74 Å². The van der Waals surface area contributed by atoms with Gasteiger partial charge in [-0.1, -0.05) is 17.7 Å². The standard InChI is InChI=1S/C20H24N4O2/c1-12(2)24-20-16(9-22-24)8-17(10-21-20)23-18(25)11-26-19-14(4)6-13(3)7-15(19)5/h6-10,12H,11H2,1-5H3,(H,23,25). The van der Waals surface area contributed by atoms with Gasteiger partial charge in [0.1, 0.15) is 5.75 Å². The SMILES string of the molecule is Cc1cc(C)c(OCC(=O)Nc2cnc3c(cnn3C(C)C)c2)c(C)c1. The number of hydrogen-bond acceptors (Lipinski definition) is 4. The number of amides is 1. The minimum atomic E-state index is -0.221. The van der Waals surface area contributed by atoms with Crippen LogP contribution in [-0.2, 0) is 4.79 Å². The highest BCUT2D eigenvalue weighted by molar-refractivity contribution is 5.93. The molecule has 26 heavy (non-hydrogen) atoms. The van der Waals surface area contributed by atoms with Gasteiger partial charge in [0.15, 0.2) is 12.3 Å². The van der Waals surface area contributed by atoms with Crippen molar-refractivity contribution in [3.05, 3.63) is 47.3 Å². The number of pyridine rings is 1. The van der Waals surface area contributed by atoms with E-state index in [0.717, 1.165) is 27.9 Å². The van der Waals surface area contributed by atoms with Crippen molar-refractivity contribution in [1.82, 2.24) is 14.8 Å². The predicted octanol–water partition coefficient (Wildman–Crippen LogP) is 3.95. The van der Waals surface area contributed by atoms with Crippen LogP contribution in [0.15, 0.2) is 30.6 Å². The molecule has 0 aliphatic carbocycles. The van der Waals surface area contributed by atoms with E-state index in [0.29, 0.717) is 5.69 Å². The van der Waals surface area contributed by atoms with Gasteiger partial charge in [0.25, 0.3) is 5.91 Å². The summed E-state index contributed by atoms with van der Waals surface area (Å²) in [6.07, 6.45) is 3.40. The zero-order valence-corrected chi connectivity index (χ0v) is 15.8. The molecule has 0 aliphatic heterocycles. The summed E-state index contributed by atoms with van der Waals surface area (Å²) in [7, 11) is 0. The number of aromatic nitrogens is 3. The van der Waals surface area contributed by atoms with Gasteiger partial charge in [-0.3, -0.25) is 4.79 Å². The molecule has 1 amide bonds. The van der Waals surface area contributed by atoms with Gasteiger partial charge >= 0.3 is 0 Å². The highest BCUT2D eigenvalue weighted by Gasteiger charge is 2.11. The first-order valence-corrected chi connectivity index (χ1v) is 8.69. The fraction of sp³-hybridized carbons (Fsp3) is 0.350. The van der Waals surface area contributed by atoms with Gasteiger partial charge < -0.3 is 10.1 Å². The van der Waals surface area contributed by atoms with Crippen LogP contribution in [0.4, 0.5) is 5.69 Å². The highest BCUT2D eigenvalue weighted by atomic mass is 16.5. The molecule has 0 spiro atoms. The molecule has 0 saturated carbocycles. The number of rotatable bonds is 5. The van der Waals surface area contributed by atoms with Gasteiger partial charge in [-0.15, -0.1) is 0 Å². The van der Waals surface area contributed by atoms with Gasteiger partial charge in [-0.25, -0.2) is 9.67 Å². The van der Waals surface area contributed by atoms with Crippen LogP contribution in [-0.4, -0.2) is 27.3 Å². The van der Waals surface area contributed by atoms with Crippen molar-refractivity contribution in [2.75, 3.05) is 11.9 Å². The Hall–Kier alpha value is -2.89. The average molecular weight is 352 g/mol. The molecule has 1 N–H and O–H groups in total. The van der Waals surface area contributed by atoms with Gasteiger partial charge in [-0.2, -0.15) is 5.10 Å². The van der Waals surface area contributed by atoms with E-state index in [1.165, 1.54) is 5.56 Å². The molecule has 6 nitrogen and oxygen atoms in total. The van der Waals surface area contributed by atoms with Crippen molar-refractivity contribution in [1.29, 1.82) is 0 Å². The summed E-state index contributed by atoms with van der Waals surface area (Å²) < 4.78 is 7.58. The number of nitrogens with one attached hydrogen (secondary N) is 1. The summed E-state index contributed by atoms with van der Waals surface area (Å²) in [6, 6.07) is 6.19. The van der Waals surface area contributed by atoms with E-state index in [1.54, 1.807) is 12.4 Å². The second-order valence-electron chi connectivity index (χ2n) is 6.88. The molecule has 1 aromatic carbocycles. The van der Waals surface area contributed by atoms with E-state index >= 15 is 0 Å². The summed E-state index contributed by atoms with van der Waals surface area (Å²) in [5.74, 6) is 0.541. The Labute approximate surface area is 153 Å². The maximum Gasteiger partial charge on any atom is 0.262 e. The minimum Gasteiger partial charge on any atom is -0.483 e. The lowest BCUT2D eigenvalue weighted by atomic mass is 10.1. The molecular formula is C20H24N4O2. The molecule has 2 heterocycles. The van der Waals surface area contributed by atoms with E-state index in [-0.39, 0.29) is 18.6 Å². The number of aryl methyl sites for hydroxylation is 3. The maximum atomic E-state index is 12.2. The average Bonchev–Trinajstić information content (AvgIpc) is 2.97. The molecular weight excluding hydrogens is 328 g/mol. The Morgan fingerprint density at radius 3 is 2.50 bits per heavy atom. The fourth-order valence-corrected chi connectivity index (χ4v) is 3.12. The van der Waals surface area contributed by atoms with Crippen molar-refractivity contribution in [3.63, 3.8) is 0 Å². The maximum absolute atomic E-state index is 12.2. The lowest BCUT2D eigenvalue weighted by Gasteiger charge is -2.13. The Balaban J connectivity index is 1.68. The zero-order valence-electron chi connectivity index (χ0n) is 15.8. The molecule has 0 saturated heterocycles. The smallest absolute Gasteiger partial charge is 0.262 e. The van der Waals surface area contributed by atoms with Crippen molar-refractivity contribution < 1.29 is 9.53 Å². The van der Waals surface area contributed by atoms with Crippen LogP contribution in [0.1, 0.15) is 36.6 Å². The van der Waals surface area contributed by atoms with Crippen molar-refractivity contribution in [3.8, 4) is 5.75 Å². The first-order chi connectivity index (χ1) is 12.3. The van der Waals surface area contributed by atoms with Crippen LogP contribution < -0.4 is 10.1 Å². The quantitative estimate of drug-likeness (QED) is 0.755. The second kappa shape index (κ2) is 7.15. The third-order valence-corrected chi connectivity index (χ3v) is 4.16. The van der Waals surface area contributed by atoms with Crippen molar-refractivity contribution in [2.24, 2.45) is 0 Å². The number of fused-ring (bicyclic) bond motifs is 1. The summed E-state index contributed by atoms with van der Waals surface area (Å²) in [4.78, 5) is 16.7. The first-order valence-electron chi connectivity index (χ1n) is 8.69. The molecule has 0 radical (unpaired) electrons. The Kier molecular flexibility index (Phi) is 4.93. The van der Waals surface area contributed by atoms with E-state index in [1.807, 2.05) is 43.7 Å². The molecule has 0 unspecified atom stereocenters. The summed E-state index contributed by atoms with van der Waals surface area (Å²) in [6.45, 7) is 10.1. The monoisotopic (exact) mass is 352 g/mol. The Morgan fingerprint density at radius 2 is 1.85 bits per heavy atom. The highest BCUT2D eigenvalue weighted by Crippen LogP contribution is 2.24. The fourth-order valence-electron chi connectivity index (χ4n) is 3.12. The van der Waals surface area contributed by atoms with Crippen LogP contribution in [0, 0.1) is 20.8 Å². The number of anilines is 1. The lowest BCUT2D eigenvalue weighted by molar-refractivity contribution is -0.118. The topological polar surface area (TPSA) is 69.0 Å². The van der Waals surface area contributed by atoms with Crippen molar-refractivity contribution >= 4 is 22.6 Å². The van der Waals surface area contributed by atoms with Gasteiger partial charge in [-0.05, 0) is 51.8 Å². The molecule has 2 aromatic heterocycles. The van der Waals surface area contributed by atoms with Crippen LogP contribution in [0.25, 0.3) is 11.0 Å². The lowest BCUT2D eigenvalue weighted by Crippen LogP contribution is -2.20. The summed E-state index contributed by atoms with van der Waals surface area (Å²) in [5, 5.41) is 8.06. The number of benzene rings is 1. The molecule has 3 rings (SSSR count). The first kappa shape index (κ1) is 17.9. The van der Waals surface area contributed by atoms with Crippen LogP contribution in [0.3, 0.4) is 0 Å². The third kappa shape index (κ3) is 3.69. The largest absolute Gasteiger partial charge is 0.483 e. The molecule has 6 heteroatoms. The molecule has 3 aromatic rings. The normalized spacial score (nSPS) is 11.2. The Morgan fingerprint density at radius 1 is 1.15 bits per heavy atom. The van der Waals surface area contributed by atoms with Crippen molar-refractivity contribution in [2.45, 2.75) is 40.7 Å². The molecule has 0 aliphatic rings. The minimum absolute atomic E-state index is 0.0476. The zero-order chi connectivity index (χ0) is 18.8. The van der Waals surface area contributed by atoms with Gasteiger partial charge in [0.2, 0.25) is 0 Å². The molecule has 0 atom stereocenters. The van der Waals surface area contributed by atoms with Crippen LogP contribution in [0.2, 0.25) is 0 Å². The molecule has 136 valence electrons. The predicted molar refractivity (Wildman–Crippen MR) is 103 cm³/mol.